The summed E-state index contributed by atoms with van der Waals surface area (Å²) in [6.45, 7) is 3.86. The molecule has 0 fully saturated rings. The molecule has 0 radical (unpaired) electrons. The van der Waals surface area contributed by atoms with Crippen molar-refractivity contribution in [1.82, 2.24) is 19.8 Å². The van der Waals surface area contributed by atoms with Gasteiger partial charge in [-0.2, -0.15) is 0 Å². The molecule has 2 heterocycles. The van der Waals surface area contributed by atoms with E-state index < -0.39 is 70.1 Å². The van der Waals surface area contributed by atoms with Gasteiger partial charge >= 0.3 is 11.9 Å². The first-order chi connectivity index (χ1) is 27.7. The van der Waals surface area contributed by atoms with Crippen LogP contribution in [0.5, 0.6) is 0 Å². The minimum Gasteiger partial charge on any atom is -0.759 e. The van der Waals surface area contributed by atoms with Crippen LogP contribution in [0.2, 0.25) is 0 Å². The fourth-order valence-electron chi connectivity index (χ4n) is 5.96. The Morgan fingerprint density at radius 3 is 1.31 bits per heavy atom. The van der Waals surface area contributed by atoms with E-state index in [-0.39, 0.29) is 38.9 Å². The van der Waals surface area contributed by atoms with E-state index in [0.717, 1.165) is 32.9 Å². The van der Waals surface area contributed by atoms with E-state index in [4.69, 9.17) is 38.5 Å². The zero-order valence-electron chi connectivity index (χ0n) is 33.5. The smallest absolute Gasteiger partial charge is 0.328 e. The molecule has 4 rings (SSSR count). The molecule has 20 nitrogen and oxygen atoms in total. The van der Waals surface area contributed by atoms with Crippen molar-refractivity contribution in [1.29, 1.82) is 0 Å². The second-order valence-electron chi connectivity index (χ2n) is 13.4. The summed E-state index contributed by atoms with van der Waals surface area (Å²) < 4.78 is 48.3. The maximum absolute atomic E-state index is 12.4. The molecule has 2 aromatic carbocycles. The predicted molar refractivity (Wildman–Crippen MR) is 211 cm³/mol. The van der Waals surface area contributed by atoms with Crippen LogP contribution in [0.25, 0.3) is 21.8 Å². The fraction of sp³-hybridized carbons (Fsp3) is 0.421. The van der Waals surface area contributed by atoms with Crippen LogP contribution in [0.1, 0.15) is 50.7 Å². The number of fused-ring (bicyclic) bond motifs is 2. The average Bonchev–Trinajstić information content (AvgIpc) is 3.66. The first-order valence-electron chi connectivity index (χ1n) is 18.6. The Hall–Kier alpha value is -5.87. The number of rotatable bonds is 18. The number of quaternary nitrogens is 2. The number of esters is 2. The number of carbonyl (C=O) groups excluding carboxylic acids is 6. The number of hydrogen-bond donors (Lipinski definition) is 6. The Kier molecular flexibility index (Phi) is 19.6. The maximum Gasteiger partial charge on any atom is 0.328 e. The highest BCUT2D eigenvalue weighted by molar-refractivity contribution is 7.79. The first kappa shape index (κ1) is 49.3. The topological polar surface area (TPSA) is 342 Å². The molecule has 0 aliphatic carbocycles. The third-order valence-corrected chi connectivity index (χ3v) is 8.80. The predicted octanol–water partition coefficient (Wildman–Crippen LogP) is -2.05. The van der Waals surface area contributed by atoms with E-state index >= 15 is 0 Å². The molecule has 0 aliphatic heterocycles. The van der Waals surface area contributed by atoms with Crippen LogP contribution in [0.15, 0.2) is 60.9 Å². The summed E-state index contributed by atoms with van der Waals surface area (Å²) in [7, 11) is -1.31. The summed E-state index contributed by atoms with van der Waals surface area (Å²) in [5.41, 5.74) is 21.7. The van der Waals surface area contributed by atoms with Crippen molar-refractivity contribution in [3.8, 4) is 0 Å². The zero-order chi connectivity index (χ0) is 44.4. The van der Waals surface area contributed by atoms with Crippen molar-refractivity contribution in [3.05, 3.63) is 72.1 Å². The molecular formula is C38H54N8O12S. The second kappa shape index (κ2) is 23.5. The van der Waals surface area contributed by atoms with E-state index in [9.17, 15) is 28.8 Å². The number of nitrogens with two attached hydrogens (primary N) is 2. The summed E-state index contributed by atoms with van der Waals surface area (Å²) in [5, 5.41) is 7.45. The lowest BCUT2D eigenvalue weighted by Gasteiger charge is -2.18. The van der Waals surface area contributed by atoms with E-state index in [2.05, 4.69) is 22.1 Å². The third-order valence-electron chi connectivity index (χ3n) is 8.80. The molecule has 0 unspecified atom stereocenters. The molecular weight excluding hydrogens is 793 g/mol. The minimum absolute atomic E-state index is 0.0645. The molecule has 0 saturated carbocycles. The number of aromatic nitrogens is 2. The van der Waals surface area contributed by atoms with E-state index in [0.29, 0.717) is 12.8 Å². The zero-order valence-corrected chi connectivity index (χ0v) is 34.3. The van der Waals surface area contributed by atoms with Crippen LogP contribution < -0.4 is 33.6 Å². The molecule has 4 aromatic rings. The lowest BCUT2D eigenvalue weighted by molar-refractivity contribution is -0.405. The monoisotopic (exact) mass is 846 g/mol. The minimum atomic E-state index is -5.17. The number of para-hydroxylation sites is 2. The third kappa shape index (κ3) is 16.9. The molecule has 4 atom stereocenters. The van der Waals surface area contributed by atoms with Crippen LogP contribution >= 0.6 is 0 Å². The van der Waals surface area contributed by atoms with Gasteiger partial charge in [0.25, 0.3) is 11.8 Å². The van der Waals surface area contributed by atoms with Crippen LogP contribution in [0, 0.1) is 0 Å². The summed E-state index contributed by atoms with van der Waals surface area (Å²) in [6, 6.07) is 12.7. The number of nitrogens with one attached hydrogen (secondary N) is 2. The largest absolute Gasteiger partial charge is 0.759 e. The number of nitrogens with zero attached hydrogens (tertiary/aromatic N) is 2. The highest BCUT2D eigenvalue weighted by atomic mass is 32.3. The summed E-state index contributed by atoms with van der Waals surface area (Å²) in [6.07, 6.45) is 5.07. The Labute approximate surface area is 341 Å². The lowest BCUT2D eigenvalue weighted by atomic mass is 10.0. The Bertz CT molecular complexity index is 2040. The summed E-state index contributed by atoms with van der Waals surface area (Å²) in [4.78, 5) is 71.3. The van der Waals surface area contributed by atoms with Gasteiger partial charge in [0, 0.05) is 97.2 Å². The highest BCUT2D eigenvalue weighted by Gasteiger charge is 2.29. The van der Waals surface area contributed by atoms with Crippen LogP contribution in [-0.4, -0.2) is 99.6 Å². The Balaban J connectivity index is 0.000000365. The van der Waals surface area contributed by atoms with E-state index in [1.807, 2.05) is 84.2 Å². The average molecular weight is 847 g/mol. The molecule has 0 saturated heterocycles. The van der Waals surface area contributed by atoms with Crippen molar-refractivity contribution in [3.63, 3.8) is 0 Å². The van der Waals surface area contributed by atoms with Gasteiger partial charge in [-0.1, -0.05) is 36.4 Å². The standard InChI is InChI=1S/2C19H26N4O4.H2O4S/c2*1-3-27-19(26)15(22-18(25)14(20)8-9-17(21)24)10-12-11-23(2)16-7-5-4-6-13(12)16;1-5(2,3)4/h2*4-7,11,14-15H,3,8-10,20H2,1-2H3,(H2,21,24)(H,22,25);(H2,1,2,3,4)/t2*14-,15+;/m00./s1. The van der Waals surface area contributed by atoms with Crippen molar-refractivity contribution < 1.29 is 67.2 Å². The van der Waals surface area contributed by atoms with Gasteiger partial charge < -0.3 is 61.3 Å². The van der Waals surface area contributed by atoms with Crippen molar-refractivity contribution in [2.75, 3.05) is 13.2 Å². The molecule has 0 bridgehead atoms. The molecule has 0 spiro atoms. The van der Waals surface area contributed by atoms with Gasteiger partial charge in [-0.25, -0.2) is 9.59 Å². The highest BCUT2D eigenvalue weighted by Crippen LogP contribution is 2.23. The van der Waals surface area contributed by atoms with Gasteiger partial charge in [-0.05, 0) is 37.1 Å². The van der Waals surface area contributed by atoms with Crippen molar-refractivity contribution in [2.24, 2.45) is 25.6 Å². The number of carbonyl (C=O) groups is 6. The molecule has 12 N–H and O–H groups in total. The summed E-state index contributed by atoms with van der Waals surface area (Å²) >= 11 is 0. The van der Waals surface area contributed by atoms with Gasteiger partial charge in [0.15, 0.2) is 12.1 Å². The second-order valence-corrected chi connectivity index (χ2v) is 14.2. The molecule has 4 amide bonds. The van der Waals surface area contributed by atoms with Crippen molar-refractivity contribution >= 4 is 67.8 Å². The number of benzene rings is 2. The SMILES string of the molecule is CCOC(=O)[C@@H](Cc1cn(C)c2ccccc12)NC(=O)[C@@H]([NH3+])CCC(N)=O.CCOC(=O)[C@@H](Cc1cn(C)c2ccccc12)NC(=O)[C@@H]([NH3+])CCC(N)=O.O=S(=O)([O-])[O-]. The van der Waals surface area contributed by atoms with E-state index in [1.165, 1.54) is 0 Å². The fourth-order valence-corrected chi connectivity index (χ4v) is 5.96. The normalized spacial score (nSPS) is 13.0. The van der Waals surface area contributed by atoms with E-state index in [1.54, 1.807) is 13.8 Å². The lowest BCUT2D eigenvalue weighted by Crippen LogP contribution is -2.68. The first-order valence-corrected chi connectivity index (χ1v) is 19.9. The molecule has 21 heteroatoms. The molecule has 324 valence electrons. The van der Waals surface area contributed by atoms with Gasteiger partial charge in [0.05, 0.1) is 13.2 Å². The van der Waals surface area contributed by atoms with Crippen LogP contribution in [-0.2, 0) is 75.6 Å². The van der Waals surface area contributed by atoms with Crippen molar-refractivity contribution in [2.45, 2.75) is 76.5 Å². The van der Waals surface area contributed by atoms with Gasteiger partial charge in [-0.3, -0.25) is 27.6 Å². The molecule has 2 aromatic heterocycles. The Morgan fingerprint density at radius 1 is 0.678 bits per heavy atom. The van der Waals surface area contributed by atoms with Crippen LogP contribution in [0.4, 0.5) is 0 Å². The molecule has 59 heavy (non-hydrogen) atoms. The number of amides is 4. The van der Waals surface area contributed by atoms with Gasteiger partial charge in [0.2, 0.25) is 11.8 Å². The summed E-state index contributed by atoms with van der Waals surface area (Å²) in [5.74, 6) is -2.80. The Morgan fingerprint density at radius 2 is 1.00 bits per heavy atom. The van der Waals surface area contributed by atoms with Gasteiger partial charge in [0.1, 0.15) is 12.1 Å². The maximum atomic E-state index is 12.4. The molecule has 0 aliphatic rings. The van der Waals surface area contributed by atoms with Crippen LogP contribution in [0.3, 0.4) is 0 Å². The number of hydrogen-bond acceptors (Lipinski definition) is 12. The quantitative estimate of drug-likeness (QED) is 0.0358. The van der Waals surface area contributed by atoms with Gasteiger partial charge in [-0.15, -0.1) is 0 Å². The number of aryl methyl sites for hydroxylation is 2. The number of ether oxygens (including phenoxy) is 2. The number of primary amides is 2.